The molecule has 0 aliphatic carbocycles. The van der Waals surface area contributed by atoms with E-state index >= 15 is 0 Å². The maximum Gasteiger partial charge on any atom is 0.273 e. The van der Waals surface area contributed by atoms with Crippen molar-refractivity contribution in [1.29, 1.82) is 0 Å². The highest BCUT2D eigenvalue weighted by Crippen LogP contribution is 2.29. The van der Waals surface area contributed by atoms with Crippen molar-refractivity contribution >= 4 is 44.3 Å². The molecule has 1 aromatic carbocycles. The number of para-hydroxylation sites is 2. The van der Waals surface area contributed by atoms with Crippen LogP contribution in [0.15, 0.2) is 35.4 Å². The first kappa shape index (κ1) is 23.7. The summed E-state index contributed by atoms with van der Waals surface area (Å²) in [6, 6.07) is 7.06. The molecular weight excluding hydrogens is 456 g/mol. The van der Waals surface area contributed by atoms with E-state index in [2.05, 4.69) is 20.6 Å². The molecule has 2 aromatic heterocycles. The number of amides is 2. The van der Waals surface area contributed by atoms with Gasteiger partial charge < -0.3 is 20.3 Å². The van der Waals surface area contributed by atoms with Gasteiger partial charge in [-0.2, -0.15) is 4.98 Å². The Morgan fingerprint density at radius 3 is 2.91 bits per heavy atom. The number of hydrogen-bond donors (Lipinski definition) is 2. The fraction of sp³-hybridized carbons (Fsp3) is 0.435. The number of nitrogens with zero attached hydrogens (tertiary/aromatic N) is 4. The Bertz CT molecular complexity index is 1240. The lowest BCUT2D eigenvalue weighted by atomic mass is 9.97. The molecule has 3 heterocycles. The molecule has 1 aliphatic heterocycles. The molecule has 1 saturated heterocycles. The standard InChI is InChI=1S/C23H28N6O4S/c1-3-10-24-21(31)15-7-6-11-28(12-15)23-27-20-19(34-23)22(32)29(14-25-20)13-18(30)26-16-8-4-5-9-17(16)33-2/h4-5,8-9,14-15H,3,6-7,10-13H2,1-2H3,(H,24,31)(H,26,30). The molecule has 0 radical (unpaired) electrons. The summed E-state index contributed by atoms with van der Waals surface area (Å²) in [7, 11) is 1.52. The molecule has 0 spiro atoms. The van der Waals surface area contributed by atoms with E-state index in [0.29, 0.717) is 40.0 Å². The van der Waals surface area contributed by atoms with Gasteiger partial charge in [0.15, 0.2) is 10.8 Å². The Kier molecular flexibility index (Phi) is 7.41. The monoisotopic (exact) mass is 484 g/mol. The van der Waals surface area contributed by atoms with Crippen LogP contribution in [0.2, 0.25) is 0 Å². The van der Waals surface area contributed by atoms with Crippen molar-refractivity contribution in [3.05, 3.63) is 40.9 Å². The highest BCUT2D eigenvalue weighted by Gasteiger charge is 2.27. The van der Waals surface area contributed by atoms with E-state index in [1.807, 2.05) is 11.8 Å². The number of rotatable bonds is 8. The Hall–Kier alpha value is -3.47. The summed E-state index contributed by atoms with van der Waals surface area (Å²) < 4.78 is 6.91. The van der Waals surface area contributed by atoms with Crippen molar-refractivity contribution in [3.8, 4) is 5.75 Å². The highest BCUT2D eigenvalue weighted by molar-refractivity contribution is 7.22. The molecule has 180 valence electrons. The number of benzene rings is 1. The van der Waals surface area contributed by atoms with E-state index in [1.54, 1.807) is 24.3 Å². The predicted octanol–water partition coefficient (Wildman–Crippen LogP) is 2.24. The van der Waals surface area contributed by atoms with Gasteiger partial charge in [0.25, 0.3) is 5.56 Å². The number of aromatic nitrogens is 3. The zero-order valence-corrected chi connectivity index (χ0v) is 20.1. The van der Waals surface area contributed by atoms with Gasteiger partial charge in [-0.3, -0.25) is 19.0 Å². The smallest absolute Gasteiger partial charge is 0.273 e. The van der Waals surface area contributed by atoms with Crippen LogP contribution in [0.1, 0.15) is 26.2 Å². The van der Waals surface area contributed by atoms with Crippen molar-refractivity contribution in [2.75, 3.05) is 37.0 Å². The summed E-state index contributed by atoms with van der Waals surface area (Å²) in [6.45, 7) is 3.84. The lowest BCUT2D eigenvalue weighted by Gasteiger charge is -2.31. The van der Waals surface area contributed by atoms with E-state index in [9.17, 15) is 14.4 Å². The number of fused-ring (bicyclic) bond motifs is 1. The highest BCUT2D eigenvalue weighted by atomic mass is 32.1. The van der Waals surface area contributed by atoms with Crippen molar-refractivity contribution in [2.45, 2.75) is 32.7 Å². The van der Waals surface area contributed by atoms with E-state index < -0.39 is 0 Å². The minimum Gasteiger partial charge on any atom is -0.495 e. The van der Waals surface area contributed by atoms with Crippen molar-refractivity contribution in [2.24, 2.45) is 5.92 Å². The summed E-state index contributed by atoms with van der Waals surface area (Å²) >= 11 is 1.25. The maximum absolute atomic E-state index is 13.0. The SMILES string of the molecule is CCCNC(=O)C1CCCN(c2nc3ncn(CC(=O)Nc4ccccc4OC)c(=O)c3s2)C1. The average Bonchev–Trinajstić information content (AvgIpc) is 3.30. The van der Waals surface area contributed by atoms with Crippen molar-refractivity contribution < 1.29 is 14.3 Å². The third-order valence-electron chi connectivity index (χ3n) is 5.68. The molecule has 1 fully saturated rings. The summed E-state index contributed by atoms with van der Waals surface area (Å²) in [5.41, 5.74) is 0.557. The number of hydrogen-bond acceptors (Lipinski definition) is 8. The van der Waals surface area contributed by atoms with Crippen molar-refractivity contribution in [3.63, 3.8) is 0 Å². The first-order chi connectivity index (χ1) is 16.5. The van der Waals surface area contributed by atoms with Crippen LogP contribution in [0.25, 0.3) is 10.3 Å². The van der Waals surface area contributed by atoms with Gasteiger partial charge in [0.1, 0.15) is 23.3 Å². The van der Waals surface area contributed by atoms with Gasteiger partial charge in [-0.15, -0.1) is 0 Å². The van der Waals surface area contributed by atoms with Gasteiger partial charge in [-0.25, -0.2) is 4.98 Å². The Labute approximate surface area is 201 Å². The number of anilines is 2. The van der Waals surface area contributed by atoms with Gasteiger partial charge >= 0.3 is 0 Å². The number of nitrogens with one attached hydrogen (secondary N) is 2. The molecule has 34 heavy (non-hydrogen) atoms. The number of carbonyl (C=O) groups excluding carboxylic acids is 2. The van der Waals surface area contributed by atoms with Crippen LogP contribution in [0.4, 0.5) is 10.8 Å². The number of carbonyl (C=O) groups is 2. The molecule has 4 rings (SSSR count). The molecule has 0 saturated carbocycles. The first-order valence-electron chi connectivity index (χ1n) is 11.3. The fourth-order valence-corrected chi connectivity index (χ4v) is 4.94. The van der Waals surface area contributed by atoms with Crippen LogP contribution >= 0.6 is 11.3 Å². The summed E-state index contributed by atoms with van der Waals surface area (Å²) in [5.74, 6) is 0.131. The number of thiazole rings is 1. The van der Waals surface area contributed by atoms with Crippen LogP contribution in [0, 0.1) is 5.92 Å². The zero-order chi connectivity index (χ0) is 24.1. The predicted molar refractivity (Wildman–Crippen MR) is 132 cm³/mol. The summed E-state index contributed by atoms with van der Waals surface area (Å²) in [6.07, 6.45) is 3.95. The quantitative estimate of drug-likeness (QED) is 0.503. The molecule has 2 amide bonds. The second kappa shape index (κ2) is 10.6. The van der Waals surface area contributed by atoms with Gasteiger partial charge in [0.2, 0.25) is 11.8 Å². The third kappa shape index (κ3) is 5.19. The first-order valence-corrected chi connectivity index (χ1v) is 12.1. The largest absolute Gasteiger partial charge is 0.495 e. The van der Waals surface area contributed by atoms with Crippen LogP contribution in [-0.2, 0) is 16.1 Å². The average molecular weight is 485 g/mol. The lowest BCUT2D eigenvalue weighted by Crippen LogP contribution is -2.43. The number of piperidine rings is 1. The number of methoxy groups -OCH3 is 1. The summed E-state index contributed by atoms with van der Waals surface area (Å²) in [5, 5.41) is 6.40. The topological polar surface area (TPSA) is 118 Å². The zero-order valence-electron chi connectivity index (χ0n) is 19.2. The Balaban J connectivity index is 1.48. The second-order valence-corrected chi connectivity index (χ2v) is 9.13. The number of ether oxygens (including phenoxy) is 1. The van der Waals surface area contributed by atoms with Crippen LogP contribution in [0.5, 0.6) is 5.75 Å². The van der Waals surface area contributed by atoms with Crippen LogP contribution in [0.3, 0.4) is 0 Å². The molecule has 1 atom stereocenters. The van der Waals surface area contributed by atoms with E-state index in [1.165, 1.54) is 29.3 Å². The molecule has 0 bridgehead atoms. The van der Waals surface area contributed by atoms with Gasteiger partial charge in [0.05, 0.1) is 18.7 Å². The molecule has 1 unspecified atom stereocenters. The lowest BCUT2D eigenvalue weighted by molar-refractivity contribution is -0.125. The summed E-state index contributed by atoms with van der Waals surface area (Å²) in [4.78, 5) is 48.9. The molecule has 1 aliphatic rings. The Morgan fingerprint density at radius 2 is 2.12 bits per heavy atom. The molecule has 10 nitrogen and oxygen atoms in total. The molecular formula is C23H28N6O4S. The van der Waals surface area contributed by atoms with E-state index in [0.717, 1.165) is 25.8 Å². The third-order valence-corrected chi connectivity index (χ3v) is 6.77. The Morgan fingerprint density at radius 1 is 1.29 bits per heavy atom. The molecule has 2 N–H and O–H groups in total. The van der Waals surface area contributed by atoms with E-state index in [-0.39, 0.29) is 29.8 Å². The second-order valence-electron chi connectivity index (χ2n) is 8.15. The fourth-order valence-electron chi connectivity index (χ4n) is 3.93. The van der Waals surface area contributed by atoms with Gasteiger partial charge in [-0.05, 0) is 31.4 Å². The normalized spacial score (nSPS) is 15.8. The van der Waals surface area contributed by atoms with Gasteiger partial charge in [-0.1, -0.05) is 30.4 Å². The molecule has 3 aromatic rings. The molecule has 11 heteroatoms. The minimum atomic E-state index is -0.366. The van der Waals surface area contributed by atoms with Gasteiger partial charge in [0, 0.05) is 19.6 Å². The van der Waals surface area contributed by atoms with Crippen LogP contribution in [-0.4, -0.2) is 53.1 Å². The van der Waals surface area contributed by atoms with Crippen molar-refractivity contribution in [1.82, 2.24) is 19.9 Å². The minimum absolute atomic E-state index is 0.0641. The van der Waals surface area contributed by atoms with E-state index in [4.69, 9.17) is 4.74 Å². The maximum atomic E-state index is 13.0. The van der Waals surface area contributed by atoms with Crippen LogP contribution < -0.4 is 25.8 Å².